The summed E-state index contributed by atoms with van der Waals surface area (Å²) in [6.07, 6.45) is -0.473. The molecule has 0 aliphatic carbocycles. The van der Waals surface area contributed by atoms with E-state index in [1.807, 2.05) is 25.8 Å². The highest BCUT2D eigenvalue weighted by molar-refractivity contribution is 7.20. The number of methoxy groups -OCH3 is 1. The molecular weight excluding hydrogens is 290 g/mol. The summed E-state index contributed by atoms with van der Waals surface area (Å²) in [5.74, 6) is 0.993. The molecule has 0 aliphatic heterocycles. The number of hydrogen-bond donors (Lipinski definition) is 1. The molecule has 6 nitrogen and oxygen atoms in total. The van der Waals surface area contributed by atoms with Crippen molar-refractivity contribution in [3.63, 3.8) is 0 Å². The van der Waals surface area contributed by atoms with Gasteiger partial charge in [-0.3, -0.25) is 0 Å². The van der Waals surface area contributed by atoms with Gasteiger partial charge in [0.05, 0.1) is 18.6 Å². The average molecular weight is 309 g/mol. The fraction of sp³-hybridized carbons (Fsp3) is 0.500. The first-order valence-electron chi connectivity index (χ1n) is 6.60. The largest absolute Gasteiger partial charge is 0.465 e. The molecule has 1 N–H and O–H groups in total. The Labute approximate surface area is 127 Å². The zero-order valence-corrected chi connectivity index (χ0v) is 13.6. The molecule has 0 radical (unpaired) electrons. The van der Waals surface area contributed by atoms with Gasteiger partial charge in [0.15, 0.2) is 0 Å². The number of hydrogen-bond acceptors (Lipinski definition) is 7. The number of nitrogens with zero attached hydrogens (tertiary/aromatic N) is 3. The van der Waals surface area contributed by atoms with Gasteiger partial charge in [-0.05, 0) is 26.3 Å². The maximum absolute atomic E-state index is 11.8. The number of carbonyl (C=O) groups excluding carboxylic acids is 1. The minimum absolute atomic E-state index is 0.364. The third-order valence-electron chi connectivity index (χ3n) is 3.15. The summed E-state index contributed by atoms with van der Waals surface area (Å²) in [6, 6.07) is 0. The van der Waals surface area contributed by atoms with E-state index in [4.69, 9.17) is 4.74 Å². The van der Waals surface area contributed by atoms with Crippen LogP contribution in [0.25, 0.3) is 10.2 Å². The zero-order chi connectivity index (χ0) is 15.7. The van der Waals surface area contributed by atoms with E-state index in [0.717, 1.165) is 21.6 Å². The summed E-state index contributed by atoms with van der Waals surface area (Å²) < 4.78 is 4.81. The van der Waals surface area contributed by atoms with Crippen LogP contribution < -0.4 is 4.90 Å². The Kier molecular flexibility index (Phi) is 4.43. The Morgan fingerprint density at radius 1 is 1.43 bits per heavy atom. The topological polar surface area (TPSA) is 75.5 Å². The van der Waals surface area contributed by atoms with E-state index >= 15 is 0 Å². The highest BCUT2D eigenvalue weighted by atomic mass is 32.1. The number of aryl methyl sites for hydroxylation is 2. The minimum Gasteiger partial charge on any atom is -0.465 e. The van der Waals surface area contributed by atoms with Crippen LogP contribution in [-0.2, 0) is 4.74 Å². The third kappa shape index (κ3) is 2.98. The second-order valence-electron chi connectivity index (χ2n) is 5.05. The molecule has 2 heterocycles. The monoisotopic (exact) mass is 309 g/mol. The molecule has 2 aromatic rings. The molecule has 0 amide bonds. The van der Waals surface area contributed by atoms with Crippen LogP contribution >= 0.6 is 11.3 Å². The lowest BCUT2D eigenvalue weighted by Crippen LogP contribution is -2.28. The maximum atomic E-state index is 11.8. The number of aliphatic hydroxyl groups excluding tert-OH is 1. The number of rotatable bonds is 4. The number of aromatic nitrogens is 2. The summed E-state index contributed by atoms with van der Waals surface area (Å²) in [4.78, 5) is 23.9. The Balaban J connectivity index is 2.64. The molecule has 2 rings (SSSR count). The fourth-order valence-electron chi connectivity index (χ4n) is 2.27. The van der Waals surface area contributed by atoms with Gasteiger partial charge in [-0.25, -0.2) is 14.8 Å². The lowest BCUT2D eigenvalue weighted by atomic mass is 10.2. The predicted molar refractivity (Wildman–Crippen MR) is 83.2 cm³/mol. The summed E-state index contributed by atoms with van der Waals surface area (Å²) in [5.41, 5.74) is 0.814. The van der Waals surface area contributed by atoms with Gasteiger partial charge in [-0.2, -0.15) is 0 Å². The highest BCUT2D eigenvalue weighted by Crippen LogP contribution is 2.35. The first kappa shape index (κ1) is 15.7. The van der Waals surface area contributed by atoms with Crippen LogP contribution in [0.5, 0.6) is 0 Å². The fourth-order valence-corrected chi connectivity index (χ4v) is 3.41. The SMILES string of the molecule is COC(=O)c1sc2nc(C)nc(N(C)CC(C)O)c2c1C. The molecule has 114 valence electrons. The molecule has 1 unspecified atom stereocenters. The standard InChI is InChI=1S/C14H19N3O3S/c1-7(18)6-17(4)12-10-8(2)11(14(19)20-5)21-13(10)16-9(3)15-12/h7,18H,6H2,1-5H3. The van der Waals surface area contributed by atoms with E-state index in [1.165, 1.54) is 18.4 Å². The molecule has 7 heteroatoms. The average Bonchev–Trinajstić information content (AvgIpc) is 2.73. The Morgan fingerprint density at radius 2 is 2.10 bits per heavy atom. The summed E-state index contributed by atoms with van der Waals surface area (Å²) in [7, 11) is 3.23. The molecular formula is C14H19N3O3S. The van der Waals surface area contributed by atoms with Gasteiger partial charge in [-0.1, -0.05) is 0 Å². The lowest BCUT2D eigenvalue weighted by Gasteiger charge is -2.21. The van der Waals surface area contributed by atoms with Crippen LogP contribution in [0, 0.1) is 13.8 Å². The van der Waals surface area contributed by atoms with Crippen LogP contribution in [0.2, 0.25) is 0 Å². The van der Waals surface area contributed by atoms with E-state index in [1.54, 1.807) is 6.92 Å². The number of aliphatic hydroxyl groups is 1. The predicted octanol–water partition coefficient (Wildman–Crippen LogP) is 1.91. The highest BCUT2D eigenvalue weighted by Gasteiger charge is 2.22. The summed E-state index contributed by atoms with van der Waals surface area (Å²) in [6.45, 7) is 5.85. The molecule has 0 aliphatic rings. The van der Waals surface area contributed by atoms with Crippen molar-refractivity contribution < 1.29 is 14.6 Å². The van der Waals surface area contributed by atoms with Crippen molar-refractivity contribution in [3.05, 3.63) is 16.3 Å². The van der Waals surface area contributed by atoms with Crippen molar-refractivity contribution in [1.82, 2.24) is 9.97 Å². The lowest BCUT2D eigenvalue weighted by molar-refractivity contribution is 0.0605. The van der Waals surface area contributed by atoms with Gasteiger partial charge in [0.1, 0.15) is 21.3 Å². The molecule has 0 bridgehead atoms. The Morgan fingerprint density at radius 3 is 2.67 bits per heavy atom. The smallest absolute Gasteiger partial charge is 0.348 e. The van der Waals surface area contributed by atoms with Crippen LogP contribution in [0.1, 0.15) is 28.0 Å². The molecule has 1 atom stereocenters. The normalized spacial score (nSPS) is 12.5. The molecule has 2 aromatic heterocycles. The van der Waals surface area contributed by atoms with Crippen molar-refractivity contribution in [2.75, 3.05) is 25.6 Å². The molecule has 0 saturated heterocycles. The third-order valence-corrected chi connectivity index (χ3v) is 4.32. The van der Waals surface area contributed by atoms with Crippen molar-refractivity contribution in [3.8, 4) is 0 Å². The summed E-state index contributed by atoms with van der Waals surface area (Å²) >= 11 is 1.31. The number of fused-ring (bicyclic) bond motifs is 1. The van der Waals surface area contributed by atoms with Gasteiger partial charge < -0.3 is 14.7 Å². The van der Waals surface area contributed by atoms with E-state index in [9.17, 15) is 9.90 Å². The second-order valence-corrected chi connectivity index (χ2v) is 6.05. The van der Waals surface area contributed by atoms with Crippen LogP contribution in [0.15, 0.2) is 0 Å². The first-order chi connectivity index (χ1) is 9.85. The number of ether oxygens (including phenoxy) is 1. The minimum atomic E-state index is -0.473. The van der Waals surface area contributed by atoms with Gasteiger partial charge in [0.25, 0.3) is 0 Å². The first-order valence-corrected chi connectivity index (χ1v) is 7.42. The van der Waals surface area contributed by atoms with Gasteiger partial charge in [-0.15, -0.1) is 11.3 Å². The van der Waals surface area contributed by atoms with E-state index < -0.39 is 6.10 Å². The number of esters is 1. The zero-order valence-electron chi connectivity index (χ0n) is 12.8. The van der Waals surface area contributed by atoms with Gasteiger partial charge in [0, 0.05) is 13.6 Å². The van der Waals surface area contributed by atoms with Crippen molar-refractivity contribution in [1.29, 1.82) is 0 Å². The molecule has 0 fully saturated rings. The van der Waals surface area contributed by atoms with E-state index in [0.29, 0.717) is 17.2 Å². The van der Waals surface area contributed by atoms with Crippen LogP contribution in [-0.4, -0.2) is 47.8 Å². The second kappa shape index (κ2) is 5.95. The van der Waals surface area contributed by atoms with Crippen LogP contribution in [0.4, 0.5) is 5.82 Å². The van der Waals surface area contributed by atoms with Crippen molar-refractivity contribution in [2.24, 2.45) is 0 Å². The molecule has 0 spiro atoms. The quantitative estimate of drug-likeness (QED) is 0.870. The summed E-state index contributed by atoms with van der Waals surface area (Å²) in [5, 5.41) is 10.4. The van der Waals surface area contributed by atoms with Gasteiger partial charge >= 0.3 is 5.97 Å². The number of thiophene rings is 1. The van der Waals surface area contributed by atoms with E-state index in [2.05, 4.69) is 9.97 Å². The van der Waals surface area contributed by atoms with Crippen molar-refractivity contribution in [2.45, 2.75) is 26.9 Å². The Hall–Kier alpha value is -1.73. The maximum Gasteiger partial charge on any atom is 0.348 e. The number of likely N-dealkylation sites (N-methyl/N-ethyl adjacent to an activating group) is 1. The molecule has 0 saturated carbocycles. The molecule has 21 heavy (non-hydrogen) atoms. The number of anilines is 1. The van der Waals surface area contributed by atoms with Crippen LogP contribution in [0.3, 0.4) is 0 Å². The molecule has 0 aromatic carbocycles. The van der Waals surface area contributed by atoms with Crippen molar-refractivity contribution >= 4 is 33.3 Å². The van der Waals surface area contributed by atoms with E-state index in [-0.39, 0.29) is 5.97 Å². The Bertz CT molecular complexity index is 682. The number of carbonyl (C=O) groups is 1. The van der Waals surface area contributed by atoms with Gasteiger partial charge in [0.2, 0.25) is 0 Å².